The van der Waals surface area contributed by atoms with E-state index in [1.54, 1.807) is 38.4 Å². The van der Waals surface area contributed by atoms with Gasteiger partial charge < -0.3 is 10.2 Å². The van der Waals surface area contributed by atoms with Crippen molar-refractivity contribution in [3.05, 3.63) is 45.0 Å². The van der Waals surface area contributed by atoms with Gasteiger partial charge >= 0.3 is 0 Å². The SMILES string of the molecule is CN(C)C(=O)c1[nH]nc(NC(=O)c2ccccc2Cl)c1Br. The zero-order chi connectivity index (χ0) is 15.6. The van der Waals surface area contributed by atoms with Gasteiger partial charge in [-0.15, -0.1) is 0 Å². The quantitative estimate of drug-likeness (QED) is 0.871. The summed E-state index contributed by atoms with van der Waals surface area (Å²) in [4.78, 5) is 25.4. The van der Waals surface area contributed by atoms with Gasteiger partial charge in [-0.2, -0.15) is 5.10 Å². The van der Waals surface area contributed by atoms with E-state index in [-0.39, 0.29) is 17.4 Å². The number of benzene rings is 1. The average Bonchev–Trinajstić information content (AvgIpc) is 2.79. The molecule has 0 fully saturated rings. The lowest BCUT2D eigenvalue weighted by Crippen LogP contribution is -2.22. The number of carbonyl (C=O) groups excluding carboxylic acids is 2. The molecule has 0 saturated carbocycles. The van der Waals surface area contributed by atoms with E-state index in [1.165, 1.54) is 4.90 Å². The average molecular weight is 372 g/mol. The zero-order valence-electron chi connectivity index (χ0n) is 11.3. The van der Waals surface area contributed by atoms with E-state index in [0.29, 0.717) is 15.1 Å². The number of aromatic nitrogens is 2. The van der Waals surface area contributed by atoms with E-state index in [4.69, 9.17) is 11.6 Å². The van der Waals surface area contributed by atoms with E-state index in [9.17, 15) is 9.59 Å². The molecule has 2 amide bonds. The van der Waals surface area contributed by atoms with Gasteiger partial charge in [-0.3, -0.25) is 14.7 Å². The first-order valence-corrected chi connectivity index (χ1v) is 7.10. The number of nitrogens with zero attached hydrogens (tertiary/aromatic N) is 2. The van der Waals surface area contributed by atoms with Crippen LogP contribution in [0.1, 0.15) is 20.8 Å². The van der Waals surface area contributed by atoms with Crippen molar-refractivity contribution >= 4 is 45.2 Å². The largest absolute Gasteiger partial charge is 0.343 e. The molecule has 110 valence electrons. The molecule has 0 spiro atoms. The summed E-state index contributed by atoms with van der Waals surface area (Å²) >= 11 is 9.21. The lowest BCUT2D eigenvalue weighted by atomic mass is 10.2. The third-order valence-electron chi connectivity index (χ3n) is 2.68. The predicted octanol–water partition coefficient (Wildman–Crippen LogP) is 2.78. The van der Waals surface area contributed by atoms with Crippen molar-refractivity contribution in [2.45, 2.75) is 0 Å². The number of hydrogen-bond acceptors (Lipinski definition) is 3. The summed E-state index contributed by atoms with van der Waals surface area (Å²) in [6.07, 6.45) is 0. The smallest absolute Gasteiger partial charge is 0.272 e. The molecule has 0 atom stereocenters. The molecule has 2 rings (SSSR count). The first-order chi connectivity index (χ1) is 9.91. The number of hydrogen-bond donors (Lipinski definition) is 2. The molecule has 0 radical (unpaired) electrons. The number of rotatable bonds is 3. The standard InChI is InChI=1S/C13H12BrClN4O2/c1-19(2)13(21)10-9(14)11(18-17-10)16-12(20)7-5-3-4-6-8(7)15/h3-6H,1-2H3,(H2,16,17,18,20). The van der Waals surface area contributed by atoms with Crippen LogP contribution in [0.2, 0.25) is 5.02 Å². The van der Waals surface area contributed by atoms with Gasteiger partial charge in [0.15, 0.2) is 5.82 Å². The third-order valence-corrected chi connectivity index (χ3v) is 3.78. The van der Waals surface area contributed by atoms with Crippen LogP contribution in [0, 0.1) is 0 Å². The van der Waals surface area contributed by atoms with Crippen LogP contribution in [-0.4, -0.2) is 41.0 Å². The highest BCUT2D eigenvalue weighted by Gasteiger charge is 2.20. The maximum Gasteiger partial charge on any atom is 0.272 e. The fraction of sp³-hybridized carbons (Fsp3) is 0.154. The first-order valence-electron chi connectivity index (χ1n) is 5.93. The monoisotopic (exact) mass is 370 g/mol. The molecule has 21 heavy (non-hydrogen) atoms. The molecular weight excluding hydrogens is 360 g/mol. The Morgan fingerprint density at radius 1 is 1.33 bits per heavy atom. The first kappa shape index (κ1) is 15.5. The summed E-state index contributed by atoms with van der Waals surface area (Å²) in [5.74, 6) is -0.436. The summed E-state index contributed by atoms with van der Waals surface area (Å²) in [7, 11) is 3.25. The predicted molar refractivity (Wildman–Crippen MR) is 83.7 cm³/mol. The Morgan fingerprint density at radius 3 is 2.62 bits per heavy atom. The van der Waals surface area contributed by atoms with Crippen LogP contribution < -0.4 is 5.32 Å². The third kappa shape index (κ3) is 3.25. The van der Waals surface area contributed by atoms with E-state index >= 15 is 0 Å². The van der Waals surface area contributed by atoms with Crippen molar-refractivity contribution in [1.82, 2.24) is 15.1 Å². The Labute approximate surface area is 134 Å². The van der Waals surface area contributed by atoms with Crippen LogP contribution >= 0.6 is 27.5 Å². The minimum absolute atomic E-state index is 0.227. The fourth-order valence-corrected chi connectivity index (χ4v) is 2.26. The Kier molecular flexibility index (Phi) is 4.64. The van der Waals surface area contributed by atoms with Gasteiger partial charge in [-0.25, -0.2) is 0 Å². The van der Waals surface area contributed by atoms with Crippen molar-refractivity contribution in [2.75, 3.05) is 19.4 Å². The Hall–Kier alpha value is -1.86. The summed E-state index contributed by atoms with van der Waals surface area (Å²) in [5.41, 5.74) is 0.587. The summed E-state index contributed by atoms with van der Waals surface area (Å²) < 4.78 is 0.390. The lowest BCUT2D eigenvalue weighted by molar-refractivity contribution is 0.0820. The summed E-state index contributed by atoms with van der Waals surface area (Å²) in [5, 5.41) is 9.45. The van der Waals surface area contributed by atoms with Crippen LogP contribution in [0.15, 0.2) is 28.7 Å². The fourth-order valence-electron chi connectivity index (χ4n) is 1.60. The highest BCUT2D eigenvalue weighted by atomic mass is 79.9. The molecule has 1 aromatic heterocycles. The number of aromatic amines is 1. The normalized spacial score (nSPS) is 10.3. The number of nitrogens with one attached hydrogen (secondary N) is 2. The van der Waals surface area contributed by atoms with Crippen LogP contribution in [-0.2, 0) is 0 Å². The summed E-state index contributed by atoms with van der Waals surface area (Å²) in [6.45, 7) is 0. The van der Waals surface area contributed by atoms with Crippen molar-refractivity contribution in [3.63, 3.8) is 0 Å². The second kappa shape index (κ2) is 6.28. The molecule has 0 bridgehead atoms. The minimum atomic E-state index is -0.406. The molecule has 2 N–H and O–H groups in total. The molecule has 0 aliphatic heterocycles. The molecule has 1 aromatic carbocycles. The number of amides is 2. The van der Waals surface area contributed by atoms with Crippen molar-refractivity contribution < 1.29 is 9.59 Å². The molecule has 0 aliphatic carbocycles. The minimum Gasteiger partial charge on any atom is -0.343 e. The van der Waals surface area contributed by atoms with Crippen LogP contribution in [0.5, 0.6) is 0 Å². The molecule has 0 aliphatic rings. The molecule has 8 heteroatoms. The van der Waals surface area contributed by atoms with Crippen molar-refractivity contribution in [1.29, 1.82) is 0 Å². The van der Waals surface area contributed by atoms with Gasteiger partial charge in [0.05, 0.1) is 15.1 Å². The zero-order valence-corrected chi connectivity index (χ0v) is 13.6. The van der Waals surface area contributed by atoms with E-state index in [0.717, 1.165) is 0 Å². The number of anilines is 1. The van der Waals surface area contributed by atoms with Gasteiger partial charge in [0.2, 0.25) is 0 Å². The van der Waals surface area contributed by atoms with Gasteiger partial charge in [-0.1, -0.05) is 23.7 Å². The van der Waals surface area contributed by atoms with Gasteiger partial charge in [-0.05, 0) is 28.1 Å². The maximum absolute atomic E-state index is 12.1. The Balaban J connectivity index is 2.24. The molecular formula is C13H12BrClN4O2. The van der Waals surface area contributed by atoms with Crippen LogP contribution in [0.3, 0.4) is 0 Å². The molecule has 0 unspecified atom stereocenters. The van der Waals surface area contributed by atoms with Crippen molar-refractivity contribution in [2.24, 2.45) is 0 Å². The summed E-state index contributed by atoms with van der Waals surface area (Å²) in [6, 6.07) is 6.67. The lowest BCUT2D eigenvalue weighted by Gasteiger charge is -2.08. The Bertz CT molecular complexity index is 699. The highest BCUT2D eigenvalue weighted by molar-refractivity contribution is 9.10. The molecule has 2 aromatic rings. The van der Waals surface area contributed by atoms with E-state index in [2.05, 4.69) is 31.4 Å². The molecule has 1 heterocycles. The Morgan fingerprint density at radius 2 is 2.00 bits per heavy atom. The van der Waals surface area contributed by atoms with Crippen LogP contribution in [0.25, 0.3) is 0 Å². The number of halogens is 2. The van der Waals surface area contributed by atoms with E-state index in [1.807, 2.05) is 0 Å². The van der Waals surface area contributed by atoms with E-state index < -0.39 is 5.91 Å². The second-order valence-electron chi connectivity index (χ2n) is 4.39. The van der Waals surface area contributed by atoms with Crippen molar-refractivity contribution in [3.8, 4) is 0 Å². The number of H-pyrrole nitrogens is 1. The topological polar surface area (TPSA) is 78.1 Å². The van der Waals surface area contributed by atoms with Gasteiger partial charge in [0, 0.05) is 14.1 Å². The molecule has 6 nitrogen and oxygen atoms in total. The maximum atomic E-state index is 12.1. The second-order valence-corrected chi connectivity index (χ2v) is 5.59. The molecule has 0 saturated heterocycles. The number of carbonyl (C=O) groups is 2. The van der Waals surface area contributed by atoms with Gasteiger partial charge in [0.25, 0.3) is 11.8 Å². The van der Waals surface area contributed by atoms with Crippen LogP contribution in [0.4, 0.5) is 5.82 Å². The highest BCUT2D eigenvalue weighted by Crippen LogP contribution is 2.25. The van der Waals surface area contributed by atoms with Gasteiger partial charge in [0.1, 0.15) is 5.69 Å².